The third-order valence-corrected chi connectivity index (χ3v) is 2.66. The number of aromatic nitrogens is 1. The summed E-state index contributed by atoms with van der Waals surface area (Å²) >= 11 is 1.02. The molecule has 1 aromatic heterocycles. The Kier molecular flexibility index (Phi) is 2.45. The van der Waals surface area contributed by atoms with E-state index in [0.717, 1.165) is 24.0 Å². The van der Waals surface area contributed by atoms with Crippen molar-refractivity contribution >= 4 is 11.3 Å². The van der Waals surface area contributed by atoms with Gasteiger partial charge in [-0.3, -0.25) is 0 Å². The molecule has 1 heterocycles. The van der Waals surface area contributed by atoms with Gasteiger partial charge in [-0.05, 0) is 0 Å². The van der Waals surface area contributed by atoms with Crippen LogP contribution in [0.4, 0.5) is 8.78 Å². The van der Waals surface area contributed by atoms with Gasteiger partial charge in [-0.15, -0.1) is 11.3 Å². The fourth-order valence-electron chi connectivity index (χ4n) is 0.820. The van der Waals surface area contributed by atoms with Crippen molar-refractivity contribution in [3.63, 3.8) is 0 Å². The molecule has 0 aliphatic rings. The second-order valence-electron chi connectivity index (χ2n) is 4.18. The fourth-order valence-corrected chi connectivity index (χ4v) is 1.81. The minimum atomic E-state index is -2.81. The van der Waals surface area contributed by atoms with Crippen molar-refractivity contribution in [1.29, 1.82) is 0 Å². The summed E-state index contributed by atoms with van der Waals surface area (Å²) in [6, 6.07) is 0. The third kappa shape index (κ3) is 2.46. The number of nitrogens with zero attached hydrogens (tertiary/aromatic N) is 1. The summed E-state index contributed by atoms with van der Waals surface area (Å²) in [4.78, 5) is 3.92. The molecule has 0 aromatic carbocycles. The molecule has 0 fully saturated rings. The van der Waals surface area contributed by atoms with Crippen molar-refractivity contribution < 1.29 is 8.78 Å². The number of thiazole rings is 1. The molecule has 1 nitrogen and oxygen atoms in total. The Labute approximate surface area is 80.8 Å². The van der Waals surface area contributed by atoms with Crippen LogP contribution in [0, 0.1) is 0 Å². The van der Waals surface area contributed by atoms with E-state index in [1.54, 1.807) is 5.38 Å². The summed E-state index contributed by atoms with van der Waals surface area (Å²) in [6.45, 7) is 6.75. The van der Waals surface area contributed by atoms with E-state index in [1.807, 2.05) is 20.8 Å². The highest BCUT2D eigenvalue weighted by Gasteiger charge is 2.30. The highest BCUT2D eigenvalue weighted by atomic mass is 32.1. The highest BCUT2D eigenvalue weighted by Crippen LogP contribution is 2.32. The SMILES string of the molecule is CC(C)(C)c1csc(C(C)(F)F)n1. The average molecular weight is 205 g/mol. The van der Waals surface area contributed by atoms with Gasteiger partial charge < -0.3 is 0 Å². The lowest BCUT2D eigenvalue weighted by molar-refractivity contribution is 0.0170. The predicted octanol–water partition coefficient (Wildman–Crippen LogP) is 3.55. The molecule has 0 unspecified atom stereocenters. The van der Waals surface area contributed by atoms with Gasteiger partial charge in [-0.2, -0.15) is 8.78 Å². The van der Waals surface area contributed by atoms with Crippen molar-refractivity contribution in [3.05, 3.63) is 16.1 Å². The first-order valence-electron chi connectivity index (χ1n) is 4.05. The van der Waals surface area contributed by atoms with Crippen molar-refractivity contribution in [2.24, 2.45) is 0 Å². The molecule has 0 N–H and O–H groups in total. The molecule has 0 saturated heterocycles. The Balaban J connectivity index is 3.01. The van der Waals surface area contributed by atoms with Crippen LogP contribution < -0.4 is 0 Å². The lowest BCUT2D eigenvalue weighted by atomic mass is 9.93. The topological polar surface area (TPSA) is 12.9 Å². The summed E-state index contributed by atoms with van der Waals surface area (Å²) in [6.07, 6.45) is 0. The van der Waals surface area contributed by atoms with Gasteiger partial charge >= 0.3 is 0 Å². The van der Waals surface area contributed by atoms with Gasteiger partial charge in [0.2, 0.25) is 0 Å². The van der Waals surface area contributed by atoms with Crippen LogP contribution in [-0.4, -0.2) is 4.98 Å². The average Bonchev–Trinajstić information content (AvgIpc) is 2.28. The van der Waals surface area contributed by atoms with Crippen LogP contribution in [0.15, 0.2) is 5.38 Å². The summed E-state index contributed by atoms with van der Waals surface area (Å²) < 4.78 is 25.6. The molecule has 1 rings (SSSR count). The Bertz CT molecular complexity index is 265. The molecule has 0 amide bonds. The van der Waals surface area contributed by atoms with Crippen molar-refractivity contribution in [2.45, 2.75) is 39.0 Å². The van der Waals surface area contributed by atoms with E-state index in [1.165, 1.54) is 0 Å². The molecule has 4 heteroatoms. The number of alkyl halides is 2. The number of halogens is 2. The molecule has 13 heavy (non-hydrogen) atoms. The Morgan fingerprint density at radius 3 is 2.00 bits per heavy atom. The van der Waals surface area contributed by atoms with Gasteiger partial charge in [0.15, 0.2) is 5.01 Å². The van der Waals surface area contributed by atoms with E-state index >= 15 is 0 Å². The van der Waals surface area contributed by atoms with E-state index in [4.69, 9.17) is 0 Å². The molecular weight excluding hydrogens is 192 g/mol. The minimum Gasteiger partial charge on any atom is -0.239 e. The maximum Gasteiger partial charge on any atom is 0.296 e. The zero-order chi connectivity index (χ0) is 10.3. The van der Waals surface area contributed by atoms with Gasteiger partial charge in [-0.1, -0.05) is 20.8 Å². The highest BCUT2D eigenvalue weighted by molar-refractivity contribution is 7.09. The van der Waals surface area contributed by atoms with Crippen molar-refractivity contribution in [1.82, 2.24) is 4.98 Å². The molecule has 1 aromatic rings. The predicted molar refractivity (Wildman–Crippen MR) is 50.4 cm³/mol. The van der Waals surface area contributed by atoms with E-state index in [0.29, 0.717) is 0 Å². The first-order valence-corrected chi connectivity index (χ1v) is 4.93. The van der Waals surface area contributed by atoms with Gasteiger partial charge in [0.05, 0.1) is 5.69 Å². The summed E-state index contributed by atoms with van der Waals surface area (Å²) in [5.74, 6) is -2.81. The van der Waals surface area contributed by atoms with Crippen LogP contribution in [0.1, 0.15) is 38.4 Å². The molecule has 0 bridgehead atoms. The summed E-state index contributed by atoms with van der Waals surface area (Å²) in [5.41, 5.74) is 0.578. The normalized spacial score (nSPS) is 13.4. The lowest BCUT2D eigenvalue weighted by Crippen LogP contribution is -2.13. The maximum absolute atomic E-state index is 12.8. The number of hydrogen-bond donors (Lipinski definition) is 0. The van der Waals surface area contributed by atoms with E-state index in [-0.39, 0.29) is 10.4 Å². The van der Waals surface area contributed by atoms with Crippen LogP contribution in [0.2, 0.25) is 0 Å². The molecule has 0 aliphatic carbocycles. The number of hydrogen-bond acceptors (Lipinski definition) is 2. The molecule has 0 radical (unpaired) electrons. The summed E-state index contributed by atoms with van der Waals surface area (Å²) in [7, 11) is 0. The molecular formula is C9H13F2NS. The molecule has 74 valence electrons. The van der Waals surface area contributed by atoms with Gasteiger partial charge in [0, 0.05) is 17.7 Å². The molecule has 0 spiro atoms. The zero-order valence-electron chi connectivity index (χ0n) is 8.19. The molecule has 0 aliphatic heterocycles. The monoisotopic (exact) mass is 205 g/mol. The maximum atomic E-state index is 12.8. The van der Waals surface area contributed by atoms with Crippen LogP contribution >= 0.6 is 11.3 Å². The van der Waals surface area contributed by atoms with E-state index in [9.17, 15) is 8.78 Å². The van der Waals surface area contributed by atoms with Crippen LogP contribution in [0.3, 0.4) is 0 Å². The van der Waals surface area contributed by atoms with Crippen molar-refractivity contribution in [3.8, 4) is 0 Å². The van der Waals surface area contributed by atoms with E-state index in [2.05, 4.69) is 4.98 Å². The van der Waals surface area contributed by atoms with Crippen molar-refractivity contribution in [2.75, 3.05) is 0 Å². The first-order chi connectivity index (χ1) is 5.71. The summed E-state index contributed by atoms with van der Waals surface area (Å²) in [5, 5.41) is 1.60. The quantitative estimate of drug-likeness (QED) is 0.683. The Morgan fingerprint density at radius 2 is 1.77 bits per heavy atom. The fraction of sp³-hybridized carbons (Fsp3) is 0.667. The van der Waals surface area contributed by atoms with Gasteiger partial charge in [0.1, 0.15) is 0 Å². The Morgan fingerprint density at radius 1 is 1.23 bits per heavy atom. The van der Waals surface area contributed by atoms with E-state index < -0.39 is 5.92 Å². The second kappa shape index (κ2) is 3.01. The minimum absolute atomic E-state index is 0.0996. The van der Waals surface area contributed by atoms with Crippen LogP contribution in [-0.2, 0) is 11.3 Å². The Hall–Kier alpha value is -0.510. The largest absolute Gasteiger partial charge is 0.296 e. The third-order valence-electron chi connectivity index (χ3n) is 1.65. The molecule has 0 atom stereocenters. The number of rotatable bonds is 1. The zero-order valence-corrected chi connectivity index (χ0v) is 9.01. The molecule has 0 saturated carbocycles. The smallest absolute Gasteiger partial charge is 0.239 e. The standard InChI is InChI=1S/C9H13F2NS/c1-8(2,3)6-5-13-7(12-6)9(4,10)11/h5H,1-4H3. The van der Waals surface area contributed by atoms with Gasteiger partial charge in [0.25, 0.3) is 5.92 Å². The second-order valence-corrected chi connectivity index (χ2v) is 5.03. The van der Waals surface area contributed by atoms with Gasteiger partial charge in [-0.25, -0.2) is 4.98 Å². The van der Waals surface area contributed by atoms with Crippen LogP contribution in [0.5, 0.6) is 0 Å². The first kappa shape index (κ1) is 10.6. The van der Waals surface area contributed by atoms with Crippen LogP contribution in [0.25, 0.3) is 0 Å². The lowest BCUT2D eigenvalue weighted by Gasteiger charge is -2.14.